The molecule has 0 fully saturated rings. The lowest BCUT2D eigenvalue weighted by Crippen LogP contribution is -2.11. The summed E-state index contributed by atoms with van der Waals surface area (Å²) in [5.41, 5.74) is 1.27. The van der Waals surface area contributed by atoms with Gasteiger partial charge in [-0.15, -0.1) is 6.58 Å². The van der Waals surface area contributed by atoms with Gasteiger partial charge in [-0.05, 0) is 0 Å². The minimum Gasteiger partial charge on any atom is -0.104 e. The second-order valence-electron chi connectivity index (χ2n) is 2.14. The number of hydrogen-bond acceptors (Lipinski definition) is 0. The lowest BCUT2D eigenvalue weighted by molar-refractivity contribution is 1.69. The third-order valence-corrected chi connectivity index (χ3v) is 1.32. The van der Waals surface area contributed by atoms with E-state index in [4.69, 9.17) is 0 Å². The lowest BCUT2D eigenvalue weighted by Gasteiger charge is -1.92. The second-order valence-corrected chi connectivity index (χ2v) is 2.14. The second kappa shape index (κ2) is 3.94. The highest BCUT2D eigenvalue weighted by molar-refractivity contribution is 6.53. The molecule has 1 aromatic carbocycles. The summed E-state index contributed by atoms with van der Waals surface area (Å²) in [6, 6.07) is 10.3. The maximum atomic E-state index is 3.64. The smallest absolute Gasteiger partial charge is 0.104 e. The largest absolute Gasteiger partial charge is 0.155 e. The lowest BCUT2D eigenvalue weighted by atomic mass is 9.89. The van der Waals surface area contributed by atoms with Gasteiger partial charge in [0.15, 0.2) is 7.28 Å². The van der Waals surface area contributed by atoms with Crippen molar-refractivity contribution in [3.63, 3.8) is 0 Å². The molecule has 0 unspecified atom stereocenters. The van der Waals surface area contributed by atoms with Gasteiger partial charge in [-0.25, -0.2) is 0 Å². The summed E-state index contributed by atoms with van der Waals surface area (Å²) in [6.07, 6.45) is 2.84. The summed E-state index contributed by atoms with van der Waals surface area (Å²) in [4.78, 5) is 0. The summed E-state index contributed by atoms with van der Waals surface area (Å²) < 4.78 is 0. The molecular weight excluding hydrogens is 121 g/mol. The molecule has 1 aromatic rings. The maximum absolute atomic E-state index is 3.64. The van der Waals surface area contributed by atoms with E-state index in [0.717, 1.165) is 6.32 Å². The molecular formula is C9H10B. The van der Waals surface area contributed by atoms with E-state index in [9.17, 15) is 0 Å². The fourth-order valence-electron chi connectivity index (χ4n) is 0.809. The molecule has 0 aliphatic carbocycles. The predicted octanol–water partition coefficient (Wildman–Crippen LogP) is 1.62. The molecule has 10 heavy (non-hydrogen) atoms. The number of hydrogen-bond donors (Lipinski definition) is 0. The van der Waals surface area contributed by atoms with E-state index < -0.39 is 0 Å². The first-order chi connectivity index (χ1) is 4.93. The fraction of sp³-hybridized carbons (Fsp3) is 0.111. The van der Waals surface area contributed by atoms with E-state index in [1.54, 1.807) is 0 Å². The van der Waals surface area contributed by atoms with Gasteiger partial charge in [0, 0.05) is 0 Å². The third kappa shape index (κ3) is 2.10. The number of allylic oxidation sites excluding steroid dienone is 1. The van der Waals surface area contributed by atoms with Crippen LogP contribution in [0, 0.1) is 0 Å². The van der Waals surface area contributed by atoms with Crippen molar-refractivity contribution in [3.8, 4) is 0 Å². The van der Waals surface area contributed by atoms with E-state index in [2.05, 4.69) is 26.0 Å². The Bertz CT molecular complexity index is 191. The molecule has 1 rings (SSSR count). The predicted molar refractivity (Wildman–Crippen MR) is 46.8 cm³/mol. The Kier molecular flexibility index (Phi) is 2.81. The molecule has 0 saturated carbocycles. The van der Waals surface area contributed by atoms with Crippen LogP contribution in [0.25, 0.3) is 0 Å². The van der Waals surface area contributed by atoms with E-state index in [1.807, 2.05) is 24.3 Å². The standard InChI is InChI=1S/C9H10B/c1-2-8-10-9-6-4-3-5-7-9/h2-7H,1,8H2/i9+2. The maximum Gasteiger partial charge on any atom is 0.155 e. The molecule has 1 heteroatoms. The Morgan fingerprint density at radius 2 is 2.00 bits per heavy atom. The summed E-state index contributed by atoms with van der Waals surface area (Å²) >= 11 is 0. The van der Waals surface area contributed by atoms with Crippen molar-refractivity contribution in [2.24, 2.45) is 0 Å². The Hall–Kier alpha value is -0.975. The minimum atomic E-state index is 0.948. The highest BCUT2D eigenvalue weighted by atomic mass is 14.8. The molecule has 0 aliphatic rings. The molecule has 0 N–H and O–H groups in total. The quantitative estimate of drug-likeness (QED) is 0.431. The van der Waals surface area contributed by atoms with Crippen LogP contribution in [-0.4, -0.2) is 7.28 Å². The van der Waals surface area contributed by atoms with Crippen molar-refractivity contribution in [2.45, 2.75) is 6.32 Å². The van der Waals surface area contributed by atoms with Crippen molar-refractivity contribution in [3.05, 3.63) is 43.0 Å². The van der Waals surface area contributed by atoms with Gasteiger partial charge in [0.2, 0.25) is 0 Å². The van der Waals surface area contributed by atoms with E-state index >= 15 is 0 Å². The SMILES string of the molecule is C=CC[B][14c]1ccccc1. The van der Waals surface area contributed by atoms with Crippen LogP contribution in [0.15, 0.2) is 43.0 Å². The van der Waals surface area contributed by atoms with Gasteiger partial charge in [0.05, 0.1) is 0 Å². The van der Waals surface area contributed by atoms with Gasteiger partial charge < -0.3 is 0 Å². The zero-order chi connectivity index (χ0) is 7.23. The van der Waals surface area contributed by atoms with Gasteiger partial charge in [-0.2, -0.15) is 0 Å². The summed E-state index contributed by atoms with van der Waals surface area (Å²) in [5.74, 6) is 0. The van der Waals surface area contributed by atoms with Crippen LogP contribution in [0.5, 0.6) is 0 Å². The average Bonchev–Trinajstić information content (AvgIpc) is 2.03. The molecule has 0 nitrogen and oxygen atoms in total. The number of benzene rings is 1. The Morgan fingerprint density at radius 1 is 1.30 bits per heavy atom. The highest BCUT2D eigenvalue weighted by Crippen LogP contribution is 1.84. The molecule has 0 spiro atoms. The van der Waals surface area contributed by atoms with Crippen molar-refractivity contribution in [1.82, 2.24) is 0 Å². The van der Waals surface area contributed by atoms with Gasteiger partial charge in [0.1, 0.15) is 0 Å². The average molecular weight is 131 g/mol. The molecule has 0 saturated heterocycles. The van der Waals surface area contributed by atoms with E-state index in [1.165, 1.54) is 5.46 Å². The first kappa shape index (κ1) is 7.14. The number of rotatable bonds is 3. The van der Waals surface area contributed by atoms with Crippen molar-refractivity contribution in [1.29, 1.82) is 0 Å². The van der Waals surface area contributed by atoms with Crippen LogP contribution >= 0.6 is 0 Å². The topological polar surface area (TPSA) is 0 Å². The Balaban J connectivity index is 2.50. The highest BCUT2D eigenvalue weighted by Gasteiger charge is 1.88. The van der Waals surface area contributed by atoms with Crippen LogP contribution < -0.4 is 5.46 Å². The van der Waals surface area contributed by atoms with Crippen molar-refractivity contribution in [2.75, 3.05) is 0 Å². The summed E-state index contributed by atoms with van der Waals surface area (Å²) in [7, 11) is 2.15. The van der Waals surface area contributed by atoms with Crippen LogP contribution in [0.4, 0.5) is 0 Å². The molecule has 1 radical (unpaired) electrons. The molecule has 0 atom stereocenters. The Morgan fingerprint density at radius 3 is 2.60 bits per heavy atom. The van der Waals surface area contributed by atoms with Gasteiger partial charge in [-0.1, -0.05) is 48.2 Å². The van der Waals surface area contributed by atoms with E-state index in [-0.39, 0.29) is 0 Å². The van der Waals surface area contributed by atoms with Crippen LogP contribution in [0.1, 0.15) is 0 Å². The monoisotopic (exact) mass is 131 g/mol. The summed E-state index contributed by atoms with van der Waals surface area (Å²) in [5, 5.41) is 0. The van der Waals surface area contributed by atoms with Gasteiger partial charge >= 0.3 is 0 Å². The van der Waals surface area contributed by atoms with Crippen molar-refractivity contribution >= 4 is 12.7 Å². The zero-order valence-electron chi connectivity index (χ0n) is 5.96. The molecule has 0 bridgehead atoms. The van der Waals surface area contributed by atoms with Crippen LogP contribution in [0.3, 0.4) is 0 Å². The molecule has 0 aromatic heterocycles. The molecule has 49 valence electrons. The summed E-state index contributed by atoms with van der Waals surface area (Å²) in [6.45, 7) is 3.64. The third-order valence-electron chi connectivity index (χ3n) is 1.32. The van der Waals surface area contributed by atoms with Crippen molar-refractivity contribution < 1.29 is 0 Å². The normalized spacial score (nSPS) is 8.80. The minimum absolute atomic E-state index is 0.948. The molecule has 0 heterocycles. The van der Waals surface area contributed by atoms with Crippen LogP contribution in [-0.2, 0) is 0 Å². The first-order valence-corrected chi connectivity index (χ1v) is 3.42. The van der Waals surface area contributed by atoms with Crippen LogP contribution in [0.2, 0.25) is 6.32 Å². The zero-order valence-corrected chi connectivity index (χ0v) is 5.96. The Labute approximate surface area is 62.8 Å². The van der Waals surface area contributed by atoms with Gasteiger partial charge in [0.25, 0.3) is 0 Å². The van der Waals surface area contributed by atoms with E-state index in [0.29, 0.717) is 0 Å². The fourth-order valence-corrected chi connectivity index (χ4v) is 0.809. The molecule has 0 aliphatic heterocycles. The van der Waals surface area contributed by atoms with Gasteiger partial charge in [-0.3, -0.25) is 0 Å². The first-order valence-electron chi connectivity index (χ1n) is 3.42. The molecule has 0 amide bonds.